The number of hydrogen-bond acceptors (Lipinski definition) is 3. The molecule has 2 fully saturated rings. The predicted octanol–water partition coefficient (Wildman–Crippen LogP) is 2.56. The summed E-state index contributed by atoms with van der Waals surface area (Å²) in [5.74, 6) is 0. The van der Waals surface area contributed by atoms with Crippen LogP contribution in [-0.2, 0) is 9.47 Å². The molecule has 98 valence electrons. The SMILES string of the molecule is C=C(Br)CN(C[C@@H]1CCCO1)C[C@@H]1CCCO1. The largest absolute Gasteiger partial charge is 0.377 e. The Kier molecular flexibility index (Phi) is 5.48. The maximum atomic E-state index is 5.70. The van der Waals surface area contributed by atoms with E-state index in [0.29, 0.717) is 12.2 Å². The molecule has 0 aromatic carbocycles. The Morgan fingerprint density at radius 2 is 1.65 bits per heavy atom. The number of ether oxygens (including phenoxy) is 2. The highest BCUT2D eigenvalue weighted by atomic mass is 79.9. The summed E-state index contributed by atoms with van der Waals surface area (Å²) < 4.78 is 12.4. The highest BCUT2D eigenvalue weighted by Gasteiger charge is 2.23. The molecule has 0 spiro atoms. The minimum absolute atomic E-state index is 0.406. The average molecular weight is 304 g/mol. The lowest BCUT2D eigenvalue weighted by Crippen LogP contribution is -2.38. The smallest absolute Gasteiger partial charge is 0.0703 e. The van der Waals surface area contributed by atoms with Crippen molar-refractivity contribution in [2.24, 2.45) is 0 Å². The molecule has 0 aromatic heterocycles. The van der Waals surface area contributed by atoms with Crippen molar-refractivity contribution >= 4 is 15.9 Å². The first-order valence-corrected chi connectivity index (χ1v) is 7.32. The standard InChI is InChI=1S/C13H22BrNO2/c1-11(14)8-15(9-12-4-2-6-16-12)10-13-5-3-7-17-13/h12-13H,1-10H2/t12-,13-/m0/s1. The van der Waals surface area contributed by atoms with E-state index in [1.807, 2.05) is 0 Å². The van der Waals surface area contributed by atoms with Gasteiger partial charge in [0.2, 0.25) is 0 Å². The molecule has 0 unspecified atom stereocenters. The van der Waals surface area contributed by atoms with E-state index in [1.54, 1.807) is 0 Å². The highest BCUT2D eigenvalue weighted by molar-refractivity contribution is 9.11. The lowest BCUT2D eigenvalue weighted by molar-refractivity contribution is 0.0419. The van der Waals surface area contributed by atoms with Crippen molar-refractivity contribution in [1.29, 1.82) is 0 Å². The molecular formula is C13H22BrNO2. The van der Waals surface area contributed by atoms with E-state index in [-0.39, 0.29) is 0 Å². The summed E-state index contributed by atoms with van der Waals surface area (Å²) in [4.78, 5) is 2.41. The Morgan fingerprint density at radius 1 is 1.12 bits per heavy atom. The third-order valence-corrected chi connectivity index (χ3v) is 3.62. The van der Waals surface area contributed by atoms with Crippen molar-refractivity contribution in [3.8, 4) is 0 Å². The molecule has 2 heterocycles. The Labute approximate surface area is 112 Å². The summed E-state index contributed by atoms with van der Waals surface area (Å²) in [5, 5.41) is 0. The van der Waals surface area contributed by atoms with Gasteiger partial charge in [-0.15, -0.1) is 0 Å². The maximum absolute atomic E-state index is 5.70. The van der Waals surface area contributed by atoms with Gasteiger partial charge in [0.1, 0.15) is 0 Å². The number of hydrogen-bond donors (Lipinski definition) is 0. The Balaban J connectivity index is 1.80. The van der Waals surface area contributed by atoms with E-state index in [4.69, 9.17) is 9.47 Å². The molecule has 0 N–H and O–H groups in total. The van der Waals surface area contributed by atoms with Crippen molar-refractivity contribution in [3.05, 3.63) is 11.1 Å². The van der Waals surface area contributed by atoms with Crippen LogP contribution >= 0.6 is 15.9 Å². The van der Waals surface area contributed by atoms with Crippen molar-refractivity contribution in [3.63, 3.8) is 0 Å². The molecular weight excluding hydrogens is 282 g/mol. The van der Waals surface area contributed by atoms with Gasteiger partial charge < -0.3 is 9.47 Å². The summed E-state index contributed by atoms with van der Waals surface area (Å²) in [7, 11) is 0. The molecule has 3 nitrogen and oxygen atoms in total. The van der Waals surface area contributed by atoms with Gasteiger partial charge in [0, 0.05) is 37.3 Å². The van der Waals surface area contributed by atoms with Crippen LogP contribution in [0.1, 0.15) is 25.7 Å². The summed E-state index contributed by atoms with van der Waals surface area (Å²) in [5.41, 5.74) is 0. The molecule has 17 heavy (non-hydrogen) atoms. The Morgan fingerprint density at radius 3 is 2.00 bits per heavy atom. The van der Waals surface area contributed by atoms with Crippen molar-refractivity contribution < 1.29 is 9.47 Å². The fourth-order valence-electron chi connectivity index (χ4n) is 2.60. The lowest BCUT2D eigenvalue weighted by Gasteiger charge is -2.27. The molecule has 0 bridgehead atoms. The van der Waals surface area contributed by atoms with Gasteiger partial charge in [-0.3, -0.25) is 4.90 Å². The van der Waals surface area contributed by atoms with Gasteiger partial charge in [0.15, 0.2) is 0 Å². The zero-order valence-electron chi connectivity index (χ0n) is 10.4. The number of halogens is 1. The van der Waals surface area contributed by atoms with Crippen LogP contribution in [0.5, 0.6) is 0 Å². The van der Waals surface area contributed by atoms with Crippen molar-refractivity contribution in [2.75, 3.05) is 32.8 Å². The summed E-state index contributed by atoms with van der Waals surface area (Å²) in [6.07, 6.45) is 5.60. The molecule has 2 saturated heterocycles. The Bertz CT molecular complexity index is 230. The normalized spacial score (nSPS) is 29.1. The molecule has 2 rings (SSSR count). The van der Waals surface area contributed by atoms with Crippen molar-refractivity contribution in [2.45, 2.75) is 37.9 Å². The van der Waals surface area contributed by atoms with E-state index < -0.39 is 0 Å². The van der Waals surface area contributed by atoms with E-state index in [9.17, 15) is 0 Å². The highest BCUT2D eigenvalue weighted by Crippen LogP contribution is 2.18. The monoisotopic (exact) mass is 303 g/mol. The second-order valence-corrected chi connectivity index (χ2v) is 6.10. The fourth-order valence-corrected chi connectivity index (χ4v) is 2.95. The fraction of sp³-hybridized carbons (Fsp3) is 0.846. The lowest BCUT2D eigenvalue weighted by atomic mass is 10.2. The van der Waals surface area contributed by atoms with E-state index in [1.165, 1.54) is 25.7 Å². The number of nitrogens with zero attached hydrogens (tertiary/aromatic N) is 1. The first-order chi connectivity index (χ1) is 8.24. The Hall–Kier alpha value is 0.1000. The van der Waals surface area contributed by atoms with Crippen LogP contribution in [0.4, 0.5) is 0 Å². The molecule has 0 saturated carbocycles. The zero-order valence-corrected chi connectivity index (χ0v) is 12.0. The third kappa shape index (κ3) is 4.70. The topological polar surface area (TPSA) is 21.7 Å². The number of rotatable bonds is 6. The van der Waals surface area contributed by atoms with Crippen LogP contribution in [0.3, 0.4) is 0 Å². The average Bonchev–Trinajstić information content (AvgIpc) is 2.89. The molecule has 2 atom stereocenters. The molecule has 0 aromatic rings. The molecule has 4 heteroatoms. The van der Waals surface area contributed by atoms with Crippen LogP contribution in [0.25, 0.3) is 0 Å². The van der Waals surface area contributed by atoms with Gasteiger partial charge in [-0.25, -0.2) is 0 Å². The van der Waals surface area contributed by atoms with Gasteiger partial charge in [-0.2, -0.15) is 0 Å². The summed E-state index contributed by atoms with van der Waals surface area (Å²) in [6.45, 7) is 8.68. The molecule has 2 aliphatic heterocycles. The van der Waals surface area contributed by atoms with E-state index >= 15 is 0 Å². The van der Waals surface area contributed by atoms with Gasteiger partial charge in [-0.05, 0) is 25.7 Å². The second-order valence-electron chi connectivity index (χ2n) is 4.98. The minimum atomic E-state index is 0.406. The molecule has 0 radical (unpaired) electrons. The zero-order chi connectivity index (χ0) is 12.1. The van der Waals surface area contributed by atoms with Crippen LogP contribution in [0.2, 0.25) is 0 Å². The van der Waals surface area contributed by atoms with Gasteiger partial charge >= 0.3 is 0 Å². The molecule has 0 aliphatic carbocycles. The molecule has 0 amide bonds. The van der Waals surface area contributed by atoms with E-state index in [0.717, 1.165) is 37.3 Å². The van der Waals surface area contributed by atoms with Gasteiger partial charge in [0.05, 0.1) is 12.2 Å². The maximum Gasteiger partial charge on any atom is 0.0703 e. The van der Waals surface area contributed by atoms with Gasteiger partial charge in [-0.1, -0.05) is 22.5 Å². The van der Waals surface area contributed by atoms with Gasteiger partial charge in [0.25, 0.3) is 0 Å². The minimum Gasteiger partial charge on any atom is -0.377 e. The third-order valence-electron chi connectivity index (χ3n) is 3.37. The quantitative estimate of drug-likeness (QED) is 0.753. The van der Waals surface area contributed by atoms with Crippen LogP contribution in [0, 0.1) is 0 Å². The van der Waals surface area contributed by atoms with Crippen molar-refractivity contribution in [1.82, 2.24) is 4.90 Å². The summed E-state index contributed by atoms with van der Waals surface area (Å²) >= 11 is 3.46. The summed E-state index contributed by atoms with van der Waals surface area (Å²) in [6, 6.07) is 0. The first kappa shape index (κ1) is 13.5. The van der Waals surface area contributed by atoms with Crippen LogP contribution in [-0.4, -0.2) is 50.0 Å². The second kappa shape index (κ2) is 6.88. The first-order valence-electron chi connectivity index (χ1n) is 6.53. The predicted molar refractivity (Wildman–Crippen MR) is 72.5 cm³/mol. The van der Waals surface area contributed by atoms with E-state index in [2.05, 4.69) is 27.4 Å². The molecule has 2 aliphatic rings. The van der Waals surface area contributed by atoms with Crippen LogP contribution < -0.4 is 0 Å². The van der Waals surface area contributed by atoms with Crippen LogP contribution in [0.15, 0.2) is 11.1 Å².